The van der Waals surface area contributed by atoms with Crippen LogP contribution >= 0.6 is 0 Å². The van der Waals surface area contributed by atoms with Gasteiger partial charge in [0.25, 0.3) is 0 Å². The average Bonchev–Trinajstić information content (AvgIpc) is 2.79. The number of ketones is 1. The van der Waals surface area contributed by atoms with Gasteiger partial charge in [-0.3, -0.25) is 19.2 Å². The van der Waals surface area contributed by atoms with E-state index in [0.717, 1.165) is 12.8 Å². The van der Waals surface area contributed by atoms with Crippen molar-refractivity contribution < 1.29 is 33.8 Å². The zero-order valence-corrected chi connectivity index (χ0v) is 23.1. The number of Topliss-reactive ketones (excluding diaryl/α,β-unsaturated/α-hetero) is 1. The number of likely N-dealkylation sites (tertiary alicyclic amines) is 1. The van der Waals surface area contributed by atoms with Gasteiger partial charge in [0.1, 0.15) is 5.78 Å². The van der Waals surface area contributed by atoms with E-state index in [-0.39, 0.29) is 42.1 Å². The van der Waals surface area contributed by atoms with Crippen LogP contribution in [0.1, 0.15) is 86.0 Å². The van der Waals surface area contributed by atoms with E-state index in [4.69, 9.17) is 14.6 Å². The van der Waals surface area contributed by atoms with Crippen molar-refractivity contribution in [1.29, 1.82) is 0 Å². The second kappa shape index (κ2) is 16.7. The van der Waals surface area contributed by atoms with E-state index in [0.29, 0.717) is 77.5 Å². The molecule has 0 aromatic rings. The number of amides is 2. The van der Waals surface area contributed by atoms with E-state index in [9.17, 15) is 19.2 Å². The lowest BCUT2D eigenvalue weighted by Gasteiger charge is -2.39. The minimum Gasteiger partial charge on any atom is -0.481 e. The highest BCUT2D eigenvalue weighted by Crippen LogP contribution is 2.21. The molecule has 1 N–H and O–H groups in total. The molecule has 0 spiro atoms. The van der Waals surface area contributed by atoms with Crippen LogP contribution in [0.2, 0.25) is 0 Å². The number of unbranched alkanes of at least 4 members (excludes halogenated alkanes) is 1. The van der Waals surface area contributed by atoms with Gasteiger partial charge in [-0.05, 0) is 31.6 Å². The summed E-state index contributed by atoms with van der Waals surface area (Å²) in [6.45, 7) is 12.7. The van der Waals surface area contributed by atoms with E-state index in [1.165, 1.54) is 0 Å². The summed E-state index contributed by atoms with van der Waals surface area (Å²) in [5.41, 5.74) is -0.355. The van der Waals surface area contributed by atoms with Gasteiger partial charge in [-0.2, -0.15) is 0 Å². The Morgan fingerprint density at radius 1 is 0.917 bits per heavy atom. The zero-order valence-electron chi connectivity index (χ0n) is 23.1. The smallest absolute Gasteiger partial charge is 0.305 e. The summed E-state index contributed by atoms with van der Waals surface area (Å²) >= 11 is 0. The number of hydrogen-bond acceptors (Lipinski definition) is 6. The van der Waals surface area contributed by atoms with Gasteiger partial charge < -0.3 is 24.4 Å². The molecule has 1 aliphatic rings. The van der Waals surface area contributed by atoms with Crippen LogP contribution in [-0.2, 0) is 28.7 Å². The third-order valence-electron chi connectivity index (χ3n) is 6.35. The first-order chi connectivity index (χ1) is 16.9. The second-order valence-corrected chi connectivity index (χ2v) is 11.0. The SMILES string of the molecule is CC(C)CC(=O)N1CCC(N(CCOCCOCCC(=O)O)C(=O)CCCCC(=O)C(C)(C)C)CC1. The summed E-state index contributed by atoms with van der Waals surface area (Å²) in [5, 5.41) is 8.63. The van der Waals surface area contributed by atoms with Crippen molar-refractivity contribution in [1.82, 2.24) is 9.80 Å². The summed E-state index contributed by atoms with van der Waals surface area (Å²) in [6, 6.07) is 0.0622. The Morgan fingerprint density at radius 3 is 2.06 bits per heavy atom. The Bertz CT molecular complexity index is 695. The minimum atomic E-state index is -0.898. The van der Waals surface area contributed by atoms with E-state index in [2.05, 4.69) is 0 Å². The van der Waals surface area contributed by atoms with E-state index in [1.54, 1.807) is 0 Å². The number of aliphatic carboxylic acids is 1. The minimum absolute atomic E-state index is 0.0397. The van der Waals surface area contributed by atoms with E-state index >= 15 is 0 Å². The Kier molecular flexibility index (Phi) is 14.8. The third kappa shape index (κ3) is 13.3. The maximum absolute atomic E-state index is 13.1. The van der Waals surface area contributed by atoms with Crippen molar-refractivity contribution in [2.24, 2.45) is 11.3 Å². The van der Waals surface area contributed by atoms with Crippen LogP contribution in [0.25, 0.3) is 0 Å². The molecule has 9 heteroatoms. The van der Waals surface area contributed by atoms with Gasteiger partial charge in [0.2, 0.25) is 11.8 Å². The quantitative estimate of drug-likeness (QED) is 0.297. The van der Waals surface area contributed by atoms with Crippen molar-refractivity contribution in [3.05, 3.63) is 0 Å². The van der Waals surface area contributed by atoms with Crippen LogP contribution < -0.4 is 0 Å². The standard InChI is InChI=1S/C27H48N2O7/c1-21(2)20-25(32)28-13-10-22(11-14-28)29(15-17-36-19-18-35-16-12-26(33)34)24(31)9-7-6-8-23(30)27(3,4)5/h21-22H,6-20H2,1-5H3,(H,33,34). The number of piperidine rings is 1. The Morgan fingerprint density at radius 2 is 1.50 bits per heavy atom. The van der Waals surface area contributed by atoms with Crippen LogP contribution in [0, 0.1) is 11.3 Å². The molecule has 0 atom stereocenters. The molecule has 0 radical (unpaired) electrons. The summed E-state index contributed by atoms with van der Waals surface area (Å²) in [7, 11) is 0. The summed E-state index contributed by atoms with van der Waals surface area (Å²) in [6.07, 6.45) is 4.24. The first kappa shape index (κ1) is 32.0. The second-order valence-electron chi connectivity index (χ2n) is 11.0. The van der Waals surface area contributed by atoms with Crippen LogP contribution in [0.5, 0.6) is 0 Å². The fraction of sp³-hybridized carbons (Fsp3) is 0.852. The third-order valence-corrected chi connectivity index (χ3v) is 6.35. The van der Waals surface area contributed by atoms with Gasteiger partial charge in [-0.1, -0.05) is 34.6 Å². The molecule has 9 nitrogen and oxygen atoms in total. The maximum Gasteiger partial charge on any atom is 0.305 e. The molecule has 1 rings (SSSR count). The highest BCUT2D eigenvalue weighted by Gasteiger charge is 2.29. The van der Waals surface area contributed by atoms with Crippen LogP contribution in [0.4, 0.5) is 0 Å². The van der Waals surface area contributed by atoms with Crippen molar-refractivity contribution in [3.63, 3.8) is 0 Å². The predicted molar refractivity (Wildman–Crippen MR) is 138 cm³/mol. The van der Waals surface area contributed by atoms with Gasteiger partial charge in [0.05, 0.1) is 32.8 Å². The molecular formula is C27H48N2O7. The van der Waals surface area contributed by atoms with Gasteiger partial charge in [-0.15, -0.1) is 0 Å². The van der Waals surface area contributed by atoms with Crippen LogP contribution in [0.3, 0.4) is 0 Å². The highest BCUT2D eigenvalue weighted by molar-refractivity contribution is 5.83. The lowest BCUT2D eigenvalue weighted by Crippen LogP contribution is -2.49. The number of carboxylic acids is 1. The summed E-state index contributed by atoms with van der Waals surface area (Å²) in [5.74, 6) is -0.125. The molecule has 36 heavy (non-hydrogen) atoms. The molecular weight excluding hydrogens is 464 g/mol. The number of carboxylic acid groups (broad SMARTS) is 1. The lowest BCUT2D eigenvalue weighted by molar-refractivity contribution is -0.139. The van der Waals surface area contributed by atoms with Gasteiger partial charge in [-0.25, -0.2) is 0 Å². The molecule has 1 heterocycles. The number of carbonyl (C=O) groups is 4. The van der Waals surface area contributed by atoms with E-state index in [1.807, 2.05) is 44.4 Å². The first-order valence-corrected chi connectivity index (χ1v) is 13.4. The molecule has 208 valence electrons. The Balaban J connectivity index is 2.54. The molecule has 0 saturated carbocycles. The molecule has 2 amide bonds. The predicted octanol–water partition coefficient (Wildman–Crippen LogP) is 3.54. The average molecular weight is 513 g/mol. The number of ether oxygens (including phenoxy) is 2. The topological polar surface area (TPSA) is 113 Å². The monoisotopic (exact) mass is 512 g/mol. The molecule has 1 aliphatic heterocycles. The number of carbonyl (C=O) groups excluding carboxylic acids is 3. The Hall–Kier alpha value is -2.00. The van der Waals surface area contributed by atoms with Crippen LogP contribution in [-0.4, -0.2) is 90.6 Å². The maximum atomic E-state index is 13.1. The summed E-state index contributed by atoms with van der Waals surface area (Å²) < 4.78 is 10.9. The van der Waals surface area contributed by atoms with Crippen molar-refractivity contribution >= 4 is 23.6 Å². The first-order valence-electron chi connectivity index (χ1n) is 13.4. The van der Waals surface area contributed by atoms with Gasteiger partial charge in [0.15, 0.2) is 0 Å². The highest BCUT2D eigenvalue weighted by atomic mass is 16.5. The number of hydrogen-bond donors (Lipinski definition) is 1. The number of nitrogens with zero attached hydrogens (tertiary/aromatic N) is 2. The van der Waals surface area contributed by atoms with Gasteiger partial charge >= 0.3 is 5.97 Å². The van der Waals surface area contributed by atoms with Crippen molar-refractivity contribution in [3.8, 4) is 0 Å². The lowest BCUT2D eigenvalue weighted by atomic mass is 9.88. The Labute approximate surface area is 216 Å². The van der Waals surface area contributed by atoms with E-state index < -0.39 is 5.97 Å². The normalized spacial score (nSPS) is 14.8. The van der Waals surface area contributed by atoms with Crippen LogP contribution in [0.15, 0.2) is 0 Å². The fourth-order valence-corrected chi connectivity index (χ4v) is 4.14. The van der Waals surface area contributed by atoms with Crippen molar-refractivity contribution in [2.75, 3.05) is 46.1 Å². The van der Waals surface area contributed by atoms with Gasteiger partial charge in [0, 0.05) is 50.4 Å². The molecule has 0 aromatic heterocycles. The largest absolute Gasteiger partial charge is 0.481 e. The molecule has 1 saturated heterocycles. The molecule has 0 unspecified atom stereocenters. The molecule has 0 aliphatic carbocycles. The zero-order chi connectivity index (χ0) is 27.1. The molecule has 0 aromatic carbocycles. The van der Waals surface area contributed by atoms with Crippen molar-refractivity contribution in [2.45, 2.75) is 92.0 Å². The number of rotatable bonds is 17. The molecule has 1 fully saturated rings. The fourth-order valence-electron chi connectivity index (χ4n) is 4.14. The summed E-state index contributed by atoms with van der Waals surface area (Å²) in [4.78, 5) is 52.0. The molecule has 0 bridgehead atoms.